The summed E-state index contributed by atoms with van der Waals surface area (Å²) in [7, 11) is 0. The fraction of sp³-hybridized carbons (Fsp3) is 0.357. The smallest absolute Gasteiger partial charge is 0.358 e. The molecule has 2 aromatic rings. The number of anilines is 2. The lowest BCUT2D eigenvalue weighted by Crippen LogP contribution is -2.18. The average Bonchev–Trinajstić information content (AvgIpc) is 2.91. The predicted molar refractivity (Wildman–Crippen MR) is 89.5 cm³/mol. The molecule has 0 saturated carbocycles. The molecule has 0 aliphatic heterocycles. The summed E-state index contributed by atoms with van der Waals surface area (Å²) in [4.78, 5) is 11.9. The van der Waals surface area contributed by atoms with Crippen molar-refractivity contribution < 1.29 is 18.0 Å². The van der Waals surface area contributed by atoms with E-state index in [9.17, 15) is 18.0 Å². The molecule has 2 rings (SSSR count). The van der Waals surface area contributed by atoms with E-state index in [1.54, 1.807) is 0 Å². The van der Waals surface area contributed by atoms with Crippen LogP contribution in [0.2, 0.25) is 0 Å². The highest BCUT2D eigenvalue weighted by Gasteiger charge is 2.33. The third kappa shape index (κ3) is 5.38. The van der Waals surface area contributed by atoms with Crippen molar-refractivity contribution in [2.75, 3.05) is 16.4 Å². The van der Waals surface area contributed by atoms with Crippen LogP contribution >= 0.6 is 23.1 Å². The van der Waals surface area contributed by atoms with E-state index in [4.69, 9.17) is 0 Å². The van der Waals surface area contributed by atoms with Gasteiger partial charge in [0.2, 0.25) is 11.0 Å². The Morgan fingerprint density at radius 3 is 2.67 bits per heavy atom. The van der Waals surface area contributed by atoms with Crippen LogP contribution in [0.3, 0.4) is 0 Å². The summed E-state index contributed by atoms with van der Waals surface area (Å²) in [5.74, 6) is -0.590. The molecule has 1 aromatic heterocycles. The van der Waals surface area contributed by atoms with E-state index in [-0.39, 0.29) is 17.5 Å². The molecule has 0 bridgehead atoms. The molecule has 1 heterocycles. The highest BCUT2D eigenvalue weighted by Crippen LogP contribution is 2.34. The van der Waals surface area contributed by atoms with Crippen molar-refractivity contribution in [3.8, 4) is 0 Å². The minimum Gasteiger partial charge on any atom is -0.358 e. The second-order valence-corrected chi connectivity index (χ2v) is 7.25. The molecular formula is C14H15F3N4OS2. The van der Waals surface area contributed by atoms with E-state index >= 15 is 0 Å². The fourth-order valence-electron chi connectivity index (χ4n) is 1.73. The Morgan fingerprint density at radius 1 is 1.29 bits per heavy atom. The number of hydrogen-bond acceptors (Lipinski definition) is 6. The molecule has 130 valence electrons. The van der Waals surface area contributed by atoms with Crippen molar-refractivity contribution in [2.45, 2.75) is 30.4 Å². The van der Waals surface area contributed by atoms with E-state index in [0.717, 1.165) is 17.8 Å². The third-order valence-electron chi connectivity index (χ3n) is 2.65. The van der Waals surface area contributed by atoms with Crippen LogP contribution in [0.5, 0.6) is 0 Å². The van der Waals surface area contributed by atoms with Crippen LogP contribution in [0, 0.1) is 0 Å². The number of carbonyl (C=O) groups is 1. The van der Waals surface area contributed by atoms with Gasteiger partial charge >= 0.3 is 6.18 Å². The van der Waals surface area contributed by atoms with Crippen LogP contribution in [0.25, 0.3) is 0 Å². The number of benzene rings is 1. The number of nitrogens with one attached hydrogen (secondary N) is 2. The van der Waals surface area contributed by atoms with Crippen molar-refractivity contribution in [1.82, 2.24) is 10.2 Å². The van der Waals surface area contributed by atoms with Crippen molar-refractivity contribution in [2.24, 2.45) is 0 Å². The van der Waals surface area contributed by atoms with Gasteiger partial charge in [0.25, 0.3) is 0 Å². The Hall–Kier alpha value is -1.81. The van der Waals surface area contributed by atoms with Gasteiger partial charge < -0.3 is 10.6 Å². The summed E-state index contributed by atoms with van der Waals surface area (Å²) in [6.45, 7) is 3.92. The molecule has 1 amide bonds. The molecule has 0 aliphatic rings. The minimum atomic E-state index is -4.52. The van der Waals surface area contributed by atoms with Gasteiger partial charge in [0.05, 0.1) is 17.0 Å². The van der Waals surface area contributed by atoms with Gasteiger partial charge in [-0.1, -0.05) is 35.2 Å². The van der Waals surface area contributed by atoms with Crippen molar-refractivity contribution in [3.05, 3.63) is 29.8 Å². The molecule has 0 spiro atoms. The van der Waals surface area contributed by atoms with E-state index in [1.807, 2.05) is 13.8 Å². The van der Waals surface area contributed by atoms with Gasteiger partial charge in [0.1, 0.15) is 0 Å². The predicted octanol–water partition coefficient (Wildman–Crippen LogP) is 4.11. The lowest BCUT2D eigenvalue weighted by Gasteiger charge is -2.13. The Balaban J connectivity index is 1.94. The SMILES string of the molecule is CC(C)Nc1nnc(SCC(=O)Nc2ccccc2C(F)(F)F)s1. The quantitative estimate of drug-likeness (QED) is 0.743. The van der Waals surface area contributed by atoms with Gasteiger partial charge in [-0.25, -0.2) is 0 Å². The molecule has 0 unspecified atom stereocenters. The molecule has 0 aliphatic carbocycles. The number of thioether (sulfide) groups is 1. The monoisotopic (exact) mass is 376 g/mol. The zero-order valence-electron chi connectivity index (χ0n) is 12.8. The summed E-state index contributed by atoms with van der Waals surface area (Å²) in [5, 5.41) is 13.8. The lowest BCUT2D eigenvalue weighted by atomic mass is 10.1. The molecule has 10 heteroatoms. The van der Waals surface area contributed by atoms with Crippen LogP contribution < -0.4 is 10.6 Å². The Kier molecular flexibility index (Phi) is 6.05. The molecule has 0 fully saturated rings. The minimum absolute atomic E-state index is 0.0531. The highest BCUT2D eigenvalue weighted by molar-refractivity contribution is 8.01. The van der Waals surface area contributed by atoms with Crippen LogP contribution in [0.15, 0.2) is 28.6 Å². The number of aromatic nitrogens is 2. The maximum atomic E-state index is 12.9. The first-order valence-electron chi connectivity index (χ1n) is 6.94. The van der Waals surface area contributed by atoms with E-state index in [0.29, 0.717) is 9.47 Å². The molecular weight excluding hydrogens is 361 g/mol. The first kappa shape index (κ1) is 18.5. The summed E-state index contributed by atoms with van der Waals surface area (Å²) in [5.41, 5.74) is -1.13. The van der Waals surface area contributed by atoms with Crippen LogP contribution in [0.1, 0.15) is 19.4 Å². The number of alkyl halides is 3. The first-order valence-corrected chi connectivity index (χ1v) is 8.75. The molecule has 24 heavy (non-hydrogen) atoms. The average molecular weight is 376 g/mol. The summed E-state index contributed by atoms with van der Waals surface area (Å²) < 4.78 is 39.2. The largest absolute Gasteiger partial charge is 0.418 e. The number of amides is 1. The topological polar surface area (TPSA) is 66.9 Å². The van der Waals surface area contributed by atoms with E-state index in [2.05, 4.69) is 20.8 Å². The standard InChI is InChI=1S/C14H15F3N4OS2/c1-8(2)18-12-20-21-13(24-12)23-7-11(22)19-10-6-4-3-5-9(10)14(15,16)17/h3-6,8H,7H2,1-2H3,(H,18,20)(H,19,22). The summed E-state index contributed by atoms with van der Waals surface area (Å²) >= 11 is 2.41. The Morgan fingerprint density at radius 2 is 2.00 bits per heavy atom. The molecule has 5 nitrogen and oxygen atoms in total. The maximum absolute atomic E-state index is 12.9. The van der Waals surface area contributed by atoms with Gasteiger partial charge in [0, 0.05) is 6.04 Å². The number of hydrogen-bond donors (Lipinski definition) is 2. The van der Waals surface area contributed by atoms with Gasteiger partial charge in [-0.15, -0.1) is 10.2 Å². The second kappa shape index (κ2) is 7.84. The number of halogens is 3. The van der Waals surface area contributed by atoms with E-state index in [1.165, 1.54) is 29.5 Å². The van der Waals surface area contributed by atoms with Gasteiger partial charge in [-0.2, -0.15) is 13.2 Å². The zero-order valence-corrected chi connectivity index (χ0v) is 14.5. The molecule has 0 saturated heterocycles. The van der Waals surface area contributed by atoms with Crippen LogP contribution in [0.4, 0.5) is 24.0 Å². The third-order valence-corrected chi connectivity index (χ3v) is 4.64. The highest BCUT2D eigenvalue weighted by atomic mass is 32.2. The van der Waals surface area contributed by atoms with Gasteiger partial charge in [-0.3, -0.25) is 4.79 Å². The molecule has 1 aromatic carbocycles. The van der Waals surface area contributed by atoms with E-state index < -0.39 is 17.6 Å². The van der Waals surface area contributed by atoms with Gasteiger partial charge in [0.15, 0.2) is 4.34 Å². The Bertz CT molecular complexity index is 703. The number of rotatable bonds is 6. The van der Waals surface area contributed by atoms with Gasteiger partial charge in [-0.05, 0) is 26.0 Å². The fourth-order valence-corrected chi connectivity index (χ4v) is 3.42. The van der Waals surface area contributed by atoms with Crippen LogP contribution in [-0.4, -0.2) is 27.9 Å². The second-order valence-electron chi connectivity index (χ2n) is 5.05. The normalized spacial score (nSPS) is 11.6. The Labute approximate surface area is 145 Å². The lowest BCUT2D eigenvalue weighted by molar-refractivity contribution is -0.137. The van der Waals surface area contributed by atoms with Crippen LogP contribution in [-0.2, 0) is 11.0 Å². The molecule has 0 radical (unpaired) electrons. The number of carbonyl (C=O) groups excluding carboxylic acids is 1. The number of nitrogens with zero attached hydrogens (tertiary/aromatic N) is 2. The molecule has 0 atom stereocenters. The zero-order chi connectivity index (χ0) is 17.7. The number of para-hydroxylation sites is 1. The van der Waals surface area contributed by atoms with Crippen molar-refractivity contribution in [1.29, 1.82) is 0 Å². The van der Waals surface area contributed by atoms with Crippen molar-refractivity contribution >= 4 is 39.8 Å². The van der Waals surface area contributed by atoms with Crippen molar-refractivity contribution in [3.63, 3.8) is 0 Å². The summed E-state index contributed by atoms with van der Waals surface area (Å²) in [6.07, 6.45) is -4.52. The molecule has 2 N–H and O–H groups in total. The first-order chi connectivity index (χ1) is 11.3. The maximum Gasteiger partial charge on any atom is 0.418 e. The summed E-state index contributed by atoms with van der Waals surface area (Å²) in [6, 6.07) is 5.07.